The van der Waals surface area contributed by atoms with Crippen LogP contribution in [0.25, 0.3) is 0 Å². The second-order valence-corrected chi connectivity index (χ2v) is 7.58. The number of fused-ring (bicyclic) bond motifs is 3. The number of piperidine rings is 3. The standard InChI is InChI=1S/C23H28N2O3/c1-2-27-20-10-6-9-19(15-20)22(18-7-4-3-5-8-18)24-23(26)28-21-16-25-13-11-17(21)12-14-25/h3-10,15,17,21-22H,2,11-14,16H2,1H3,(H,24,26)/t21-,22?/m0/s1. The Bertz CT molecular complexity index is 787. The summed E-state index contributed by atoms with van der Waals surface area (Å²) in [6, 6.07) is 17.6. The lowest BCUT2D eigenvalue weighted by atomic mass is 9.86. The SMILES string of the molecule is CCOc1cccc(C(NC(=O)O[C@H]2CN3CCC2CC3)c2ccccc2)c1. The van der Waals surface area contributed by atoms with Gasteiger partial charge in [-0.3, -0.25) is 4.90 Å². The van der Waals surface area contributed by atoms with Crippen LogP contribution in [0.2, 0.25) is 0 Å². The van der Waals surface area contributed by atoms with E-state index in [2.05, 4.69) is 10.2 Å². The molecule has 28 heavy (non-hydrogen) atoms. The molecule has 2 bridgehead atoms. The maximum Gasteiger partial charge on any atom is 0.408 e. The Morgan fingerprint density at radius 1 is 1.11 bits per heavy atom. The number of benzene rings is 2. The van der Waals surface area contributed by atoms with Crippen LogP contribution in [0.15, 0.2) is 54.6 Å². The summed E-state index contributed by atoms with van der Waals surface area (Å²) in [7, 11) is 0. The van der Waals surface area contributed by atoms with E-state index in [0.29, 0.717) is 12.5 Å². The third-order valence-corrected chi connectivity index (χ3v) is 5.75. The second kappa shape index (κ2) is 8.65. The Morgan fingerprint density at radius 2 is 1.86 bits per heavy atom. The van der Waals surface area contributed by atoms with Crippen LogP contribution in [0, 0.1) is 5.92 Å². The van der Waals surface area contributed by atoms with E-state index in [1.807, 2.05) is 61.5 Å². The van der Waals surface area contributed by atoms with Gasteiger partial charge < -0.3 is 14.8 Å². The molecule has 1 unspecified atom stereocenters. The third-order valence-electron chi connectivity index (χ3n) is 5.75. The number of carbonyl (C=O) groups excluding carboxylic acids is 1. The van der Waals surface area contributed by atoms with Crippen molar-refractivity contribution in [2.75, 3.05) is 26.2 Å². The lowest BCUT2D eigenvalue weighted by molar-refractivity contribution is -0.0336. The van der Waals surface area contributed by atoms with Crippen LogP contribution in [0.5, 0.6) is 5.75 Å². The molecule has 1 amide bonds. The van der Waals surface area contributed by atoms with Gasteiger partial charge in [-0.05, 0) is 62.0 Å². The predicted molar refractivity (Wildman–Crippen MR) is 108 cm³/mol. The highest BCUT2D eigenvalue weighted by Crippen LogP contribution is 2.30. The molecule has 3 heterocycles. The number of ether oxygens (including phenoxy) is 2. The molecule has 0 aromatic heterocycles. The Kier molecular flexibility index (Phi) is 5.81. The molecule has 2 aromatic carbocycles. The first kappa shape index (κ1) is 18.8. The monoisotopic (exact) mass is 380 g/mol. The van der Waals surface area contributed by atoms with Crippen molar-refractivity contribution in [3.8, 4) is 5.75 Å². The average Bonchev–Trinajstić information content (AvgIpc) is 2.74. The van der Waals surface area contributed by atoms with Crippen LogP contribution < -0.4 is 10.1 Å². The summed E-state index contributed by atoms with van der Waals surface area (Å²) < 4.78 is 11.5. The Hall–Kier alpha value is -2.53. The summed E-state index contributed by atoms with van der Waals surface area (Å²) in [5, 5.41) is 3.09. The maximum absolute atomic E-state index is 12.8. The van der Waals surface area contributed by atoms with Crippen LogP contribution in [-0.4, -0.2) is 43.3 Å². The summed E-state index contributed by atoms with van der Waals surface area (Å²) in [6.07, 6.45) is 1.88. The molecule has 0 radical (unpaired) electrons. The number of rotatable bonds is 6. The summed E-state index contributed by atoms with van der Waals surface area (Å²) in [5.41, 5.74) is 1.99. The molecule has 148 valence electrons. The zero-order valence-corrected chi connectivity index (χ0v) is 16.3. The third kappa shape index (κ3) is 4.30. The van der Waals surface area contributed by atoms with Crippen LogP contribution in [0.1, 0.15) is 36.9 Å². The molecule has 0 aliphatic carbocycles. The number of hydrogen-bond donors (Lipinski definition) is 1. The van der Waals surface area contributed by atoms with Gasteiger partial charge in [-0.2, -0.15) is 0 Å². The lowest BCUT2D eigenvalue weighted by Crippen LogP contribution is -2.52. The molecule has 5 nitrogen and oxygen atoms in total. The van der Waals surface area contributed by atoms with Crippen molar-refractivity contribution in [1.82, 2.24) is 10.2 Å². The van der Waals surface area contributed by atoms with Crippen LogP contribution in [0.4, 0.5) is 4.79 Å². The maximum atomic E-state index is 12.8. The first-order valence-electron chi connectivity index (χ1n) is 10.2. The first-order valence-corrected chi connectivity index (χ1v) is 10.2. The van der Waals surface area contributed by atoms with E-state index < -0.39 is 0 Å². The molecule has 3 saturated heterocycles. The highest BCUT2D eigenvalue weighted by molar-refractivity contribution is 5.69. The molecule has 0 spiro atoms. The molecule has 3 fully saturated rings. The fraction of sp³-hybridized carbons (Fsp3) is 0.435. The van der Waals surface area contributed by atoms with E-state index in [9.17, 15) is 4.79 Å². The van der Waals surface area contributed by atoms with Gasteiger partial charge in [0.15, 0.2) is 0 Å². The molecule has 5 heteroatoms. The molecule has 5 rings (SSSR count). The van der Waals surface area contributed by atoms with Gasteiger partial charge in [-0.15, -0.1) is 0 Å². The predicted octanol–water partition coefficient (Wildman–Crippen LogP) is 4.00. The summed E-state index contributed by atoms with van der Waals surface area (Å²) in [6.45, 7) is 5.68. The quantitative estimate of drug-likeness (QED) is 0.823. The van der Waals surface area contributed by atoms with Crippen molar-refractivity contribution in [2.24, 2.45) is 5.92 Å². The van der Waals surface area contributed by atoms with Crippen LogP contribution in [-0.2, 0) is 4.74 Å². The highest BCUT2D eigenvalue weighted by atomic mass is 16.6. The Morgan fingerprint density at radius 3 is 2.54 bits per heavy atom. The fourth-order valence-corrected chi connectivity index (χ4v) is 4.29. The van der Waals surface area contributed by atoms with Crippen molar-refractivity contribution >= 4 is 6.09 Å². The van der Waals surface area contributed by atoms with Gasteiger partial charge in [0.2, 0.25) is 0 Å². The van der Waals surface area contributed by atoms with Gasteiger partial charge in [0.25, 0.3) is 0 Å². The second-order valence-electron chi connectivity index (χ2n) is 7.58. The van der Waals surface area contributed by atoms with E-state index in [-0.39, 0.29) is 18.2 Å². The highest BCUT2D eigenvalue weighted by Gasteiger charge is 2.36. The number of carbonyl (C=O) groups is 1. The van der Waals surface area contributed by atoms with E-state index in [1.54, 1.807) is 0 Å². The smallest absolute Gasteiger partial charge is 0.408 e. The molecule has 3 aliphatic heterocycles. The van der Waals surface area contributed by atoms with Crippen molar-refractivity contribution < 1.29 is 14.3 Å². The molecular formula is C23H28N2O3. The number of nitrogens with zero attached hydrogens (tertiary/aromatic N) is 1. The van der Waals surface area contributed by atoms with Gasteiger partial charge in [0.05, 0.1) is 12.6 Å². The topological polar surface area (TPSA) is 50.8 Å². The number of amides is 1. The lowest BCUT2D eigenvalue weighted by Gasteiger charge is -2.43. The molecular weight excluding hydrogens is 352 g/mol. The van der Waals surface area contributed by atoms with Crippen LogP contribution in [0.3, 0.4) is 0 Å². The van der Waals surface area contributed by atoms with Gasteiger partial charge in [-0.1, -0.05) is 42.5 Å². The van der Waals surface area contributed by atoms with Crippen molar-refractivity contribution in [3.05, 3.63) is 65.7 Å². The van der Waals surface area contributed by atoms with Crippen LogP contribution >= 0.6 is 0 Å². The minimum Gasteiger partial charge on any atom is -0.494 e. The van der Waals surface area contributed by atoms with Gasteiger partial charge >= 0.3 is 6.09 Å². The Balaban J connectivity index is 1.51. The minimum absolute atomic E-state index is 0.00585. The number of hydrogen-bond acceptors (Lipinski definition) is 4. The van der Waals surface area contributed by atoms with Crippen molar-refractivity contribution in [2.45, 2.75) is 31.9 Å². The molecule has 0 saturated carbocycles. The first-order chi connectivity index (χ1) is 13.7. The number of alkyl carbamates (subject to hydrolysis) is 1. The zero-order chi connectivity index (χ0) is 19.3. The Labute approximate surface area is 166 Å². The van der Waals surface area contributed by atoms with E-state index in [4.69, 9.17) is 9.47 Å². The van der Waals surface area contributed by atoms with Gasteiger partial charge in [0.1, 0.15) is 11.9 Å². The van der Waals surface area contributed by atoms with Gasteiger partial charge in [-0.25, -0.2) is 4.79 Å². The summed E-state index contributed by atoms with van der Waals surface area (Å²) in [4.78, 5) is 15.2. The zero-order valence-electron chi connectivity index (χ0n) is 16.3. The van der Waals surface area contributed by atoms with E-state index in [1.165, 1.54) is 0 Å². The minimum atomic E-state index is -0.352. The largest absolute Gasteiger partial charge is 0.494 e. The normalized spacial score (nSPS) is 24.4. The molecule has 1 N–H and O–H groups in total. The van der Waals surface area contributed by atoms with E-state index in [0.717, 1.165) is 49.4 Å². The number of nitrogens with one attached hydrogen (secondary N) is 1. The summed E-state index contributed by atoms with van der Waals surface area (Å²) >= 11 is 0. The fourth-order valence-electron chi connectivity index (χ4n) is 4.29. The molecule has 2 atom stereocenters. The van der Waals surface area contributed by atoms with Gasteiger partial charge in [0, 0.05) is 6.54 Å². The summed E-state index contributed by atoms with van der Waals surface area (Å²) in [5.74, 6) is 1.29. The molecule has 3 aliphatic rings. The van der Waals surface area contributed by atoms with Crippen molar-refractivity contribution in [3.63, 3.8) is 0 Å². The van der Waals surface area contributed by atoms with Crippen molar-refractivity contribution in [1.29, 1.82) is 0 Å². The average molecular weight is 380 g/mol. The molecule has 2 aromatic rings. The van der Waals surface area contributed by atoms with E-state index >= 15 is 0 Å².